The molecule has 0 heterocycles. The molecule has 0 amide bonds. The first kappa shape index (κ1) is 14.7. The molecule has 0 fully saturated rings. The Hall–Kier alpha value is -0.340. The van der Waals surface area contributed by atoms with E-state index < -0.39 is 0 Å². The predicted molar refractivity (Wildman–Crippen MR) is 79.3 cm³/mol. The average molecular weight is 298 g/mol. The first-order valence-corrected chi connectivity index (χ1v) is 7.52. The number of benzene rings is 1. The van der Waals surface area contributed by atoms with E-state index in [0.717, 1.165) is 11.0 Å². The number of halogens is 1. The van der Waals surface area contributed by atoms with Crippen LogP contribution >= 0.6 is 15.9 Å². The van der Waals surface area contributed by atoms with E-state index in [1.165, 1.54) is 44.1 Å². The Morgan fingerprint density at radius 1 is 1.18 bits per heavy atom. The molecule has 1 aromatic rings. The zero-order valence-electron chi connectivity index (χ0n) is 10.8. The van der Waals surface area contributed by atoms with Crippen molar-refractivity contribution in [3.05, 3.63) is 34.3 Å². The largest absolute Gasteiger partial charge is 0.330 e. The quantitative estimate of drug-likeness (QED) is 0.682. The fourth-order valence-corrected chi connectivity index (χ4v) is 2.59. The van der Waals surface area contributed by atoms with Crippen molar-refractivity contribution in [3.8, 4) is 0 Å². The summed E-state index contributed by atoms with van der Waals surface area (Å²) in [4.78, 5) is 0. The fourth-order valence-electron chi connectivity index (χ4n) is 2.18. The highest BCUT2D eigenvalue weighted by Crippen LogP contribution is 2.24. The summed E-state index contributed by atoms with van der Waals surface area (Å²) < 4.78 is 1.15. The van der Waals surface area contributed by atoms with E-state index in [-0.39, 0.29) is 0 Å². The first-order chi connectivity index (χ1) is 8.27. The molecule has 0 radical (unpaired) electrons. The molecule has 0 saturated heterocycles. The molecule has 0 aliphatic carbocycles. The number of hydrogen-bond acceptors (Lipinski definition) is 1. The van der Waals surface area contributed by atoms with Gasteiger partial charge in [-0.2, -0.15) is 0 Å². The third kappa shape index (κ3) is 5.69. The molecule has 96 valence electrons. The van der Waals surface area contributed by atoms with Crippen molar-refractivity contribution >= 4 is 15.9 Å². The molecule has 1 atom stereocenters. The van der Waals surface area contributed by atoms with Crippen LogP contribution in [0.5, 0.6) is 0 Å². The number of hydrogen-bond donors (Lipinski definition) is 1. The van der Waals surface area contributed by atoms with Gasteiger partial charge in [-0.05, 0) is 36.6 Å². The molecule has 0 saturated carbocycles. The average Bonchev–Trinajstić information content (AvgIpc) is 2.34. The van der Waals surface area contributed by atoms with Crippen LogP contribution in [0.15, 0.2) is 28.7 Å². The third-order valence-electron chi connectivity index (χ3n) is 3.26. The maximum atomic E-state index is 5.88. The van der Waals surface area contributed by atoms with Crippen LogP contribution in [0.3, 0.4) is 0 Å². The van der Waals surface area contributed by atoms with Gasteiger partial charge < -0.3 is 5.73 Å². The lowest BCUT2D eigenvalue weighted by atomic mass is 9.93. The molecular formula is C15H24BrN. The van der Waals surface area contributed by atoms with Gasteiger partial charge in [0.2, 0.25) is 0 Å². The van der Waals surface area contributed by atoms with Crippen molar-refractivity contribution in [2.45, 2.75) is 51.4 Å². The van der Waals surface area contributed by atoms with Crippen molar-refractivity contribution in [1.29, 1.82) is 0 Å². The second-order valence-electron chi connectivity index (χ2n) is 4.69. The maximum Gasteiger partial charge on any atom is 0.0178 e. The molecule has 0 spiro atoms. The van der Waals surface area contributed by atoms with Gasteiger partial charge in [0, 0.05) is 4.47 Å². The second kappa shape index (κ2) is 8.71. The van der Waals surface area contributed by atoms with Gasteiger partial charge in [-0.1, -0.05) is 67.1 Å². The molecular weight excluding hydrogens is 274 g/mol. The Bertz CT molecular complexity index is 312. The van der Waals surface area contributed by atoms with Gasteiger partial charge in [0.15, 0.2) is 0 Å². The lowest BCUT2D eigenvalue weighted by Gasteiger charge is -2.15. The summed E-state index contributed by atoms with van der Waals surface area (Å²) in [6.45, 7) is 3.01. The summed E-state index contributed by atoms with van der Waals surface area (Å²) in [6, 6.07) is 8.55. The SMILES string of the molecule is CCCCCCCC(CN)c1cccc(Br)c1. The molecule has 1 aromatic carbocycles. The second-order valence-corrected chi connectivity index (χ2v) is 5.61. The molecule has 2 N–H and O–H groups in total. The van der Waals surface area contributed by atoms with Gasteiger partial charge in [0.1, 0.15) is 0 Å². The van der Waals surface area contributed by atoms with Crippen LogP contribution in [-0.2, 0) is 0 Å². The Kier molecular flexibility index (Phi) is 7.54. The van der Waals surface area contributed by atoms with Gasteiger partial charge in [0.05, 0.1) is 0 Å². The molecule has 2 heteroatoms. The normalized spacial score (nSPS) is 12.6. The maximum absolute atomic E-state index is 5.88. The van der Waals surface area contributed by atoms with E-state index in [9.17, 15) is 0 Å². The molecule has 0 bridgehead atoms. The van der Waals surface area contributed by atoms with Gasteiger partial charge in [-0.15, -0.1) is 0 Å². The Labute approximate surface area is 114 Å². The minimum absolute atomic E-state index is 0.522. The zero-order chi connectivity index (χ0) is 12.5. The summed E-state index contributed by atoms with van der Waals surface area (Å²) >= 11 is 3.52. The predicted octanol–water partition coefficient (Wildman–Crippen LogP) is 4.85. The van der Waals surface area contributed by atoms with Crippen molar-refractivity contribution in [3.63, 3.8) is 0 Å². The van der Waals surface area contributed by atoms with Crippen LogP contribution in [-0.4, -0.2) is 6.54 Å². The van der Waals surface area contributed by atoms with E-state index >= 15 is 0 Å². The summed E-state index contributed by atoms with van der Waals surface area (Å²) in [6.07, 6.45) is 7.91. The standard InChI is InChI=1S/C15H24BrN/c1-2-3-4-5-6-8-14(12-17)13-9-7-10-15(16)11-13/h7,9-11,14H,2-6,8,12,17H2,1H3. The molecule has 1 unspecified atom stereocenters. The van der Waals surface area contributed by atoms with Gasteiger partial charge in [-0.25, -0.2) is 0 Å². The van der Waals surface area contributed by atoms with Crippen molar-refractivity contribution in [2.75, 3.05) is 6.54 Å². The van der Waals surface area contributed by atoms with Crippen LogP contribution in [0.25, 0.3) is 0 Å². The molecule has 0 aliphatic heterocycles. The summed E-state index contributed by atoms with van der Waals surface area (Å²) in [5.41, 5.74) is 7.25. The lowest BCUT2D eigenvalue weighted by molar-refractivity contribution is 0.549. The first-order valence-electron chi connectivity index (χ1n) is 6.73. The summed E-state index contributed by atoms with van der Waals surface area (Å²) in [7, 11) is 0. The minimum atomic E-state index is 0.522. The molecule has 1 nitrogen and oxygen atoms in total. The highest BCUT2D eigenvalue weighted by atomic mass is 79.9. The summed E-state index contributed by atoms with van der Waals surface area (Å²) in [5.74, 6) is 0.522. The molecule has 17 heavy (non-hydrogen) atoms. The Morgan fingerprint density at radius 2 is 1.94 bits per heavy atom. The van der Waals surface area contributed by atoms with Crippen molar-refractivity contribution < 1.29 is 0 Å². The monoisotopic (exact) mass is 297 g/mol. The number of nitrogens with two attached hydrogens (primary N) is 1. The van der Waals surface area contributed by atoms with E-state index in [0.29, 0.717) is 5.92 Å². The van der Waals surface area contributed by atoms with Crippen LogP contribution in [0, 0.1) is 0 Å². The van der Waals surface area contributed by atoms with Crippen LogP contribution < -0.4 is 5.73 Å². The van der Waals surface area contributed by atoms with Crippen LogP contribution in [0.1, 0.15) is 56.9 Å². The highest BCUT2D eigenvalue weighted by Gasteiger charge is 2.09. The van der Waals surface area contributed by atoms with E-state index in [1.54, 1.807) is 0 Å². The minimum Gasteiger partial charge on any atom is -0.330 e. The number of unbranched alkanes of at least 4 members (excludes halogenated alkanes) is 4. The van der Waals surface area contributed by atoms with Gasteiger partial charge in [-0.3, -0.25) is 0 Å². The molecule has 1 rings (SSSR count). The van der Waals surface area contributed by atoms with E-state index in [1.807, 2.05) is 0 Å². The lowest BCUT2D eigenvalue weighted by Crippen LogP contribution is -2.12. The smallest absolute Gasteiger partial charge is 0.0178 e. The topological polar surface area (TPSA) is 26.0 Å². The molecule has 0 aromatic heterocycles. The van der Waals surface area contributed by atoms with Gasteiger partial charge >= 0.3 is 0 Å². The third-order valence-corrected chi connectivity index (χ3v) is 3.75. The van der Waals surface area contributed by atoms with E-state index in [2.05, 4.69) is 47.1 Å². The Balaban J connectivity index is 2.38. The molecule has 0 aliphatic rings. The van der Waals surface area contributed by atoms with Crippen LogP contribution in [0.2, 0.25) is 0 Å². The van der Waals surface area contributed by atoms with Crippen molar-refractivity contribution in [2.24, 2.45) is 5.73 Å². The van der Waals surface area contributed by atoms with Crippen molar-refractivity contribution in [1.82, 2.24) is 0 Å². The Morgan fingerprint density at radius 3 is 2.59 bits per heavy atom. The summed E-state index contributed by atoms with van der Waals surface area (Å²) in [5, 5.41) is 0. The fraction of sp³-hybridized carbons (Fsp3) is 0.600. The highest BCUT2D eigenvalue weighted by molar-refractivity contribution is 9.10. The van der Waals surface area contributed by atoms with E-state index in [4.69, 9.17) is 5.73 Å². The van der Waals surface area contributed by atoms with Crippen LogP contribution in [0.4, 0.5) is 0 Å². The number of rotatable bonds is 8. The zero-order valence-corrected chi connectivity index (χ0v) is 12.4. The van der Waals surface area contributed by atoms with Gasteiger partial charge in [0.25, 0.3) is 0 Å².